The zero-order valence-corrected chi connectivity index (χ0v) is 16.4. The molecule has 0 saturated carbocycles. The van der Waals surface area contributed by atoms with Crippen LogP contribution in [0.4, 0.5) is 5.82 Å². The third-order valence-electron chi connectivity index (χ3n) is 7.15. The van der Waals surface area contributed by atoms with E-state index in [9.17, 15) is 10.3 Å². The first-order valence-corrected chi connectivity index (χ1v) is 10.3. The summed E-state index contributed by atoms with van der Waals surface area (Å²) in [6, 6.07) is 15.4. The summed E-state index contributed by atoms with van der Waals surface area (Å²) in [6.45, 7) is 5.73. The van der Waals surface area contributed by atoms with Gasteiger partial charge in [-0.3, -0.25) is 4.98 Å². The molecule has 5 heteroatoms. The maximum absolute atomic E-state index is 12.8. The smallest absolute Gasteiger partial charge is 0.380 e. The second-order valence-corrected chi connectivity index (χ2v) is 8.44. The monoisotopic (exact) mass is 388 g/mol. The molecule has 5 heterocycles. The molecule has 2 bridgehead atoms. The van der Waals surface area contributed by atoms with Crippen LogP contribution in [0.3, 0.4) is 0 Å². The van der Waals surface area contributed by atoms with Gasteiger partial charge in [-0.15, -0.1) is 11.3 Å². The molecule has 0 amide bonds. The predicted molar refractivity (Wildman–Crippen MR) is 114 cm³/mol. The highest BCUT2D eigenvalue weighted by atomic mass is 16.5. The van der Waals surface area contributed by atoms with Gasteiger partial charge in [0.1, 0.15) is 12.1 Å². The van der Waals surface area contributed by atoms with Crippen molar-refractivity contribution in [1.29, 1.82) is 0 Å². The van der Waals surface area contributed by atoms with Crippen LogP contribution in [0.15, 0.2) is 73.6 Å². The standard InChI is InChI=1S/C24H26N3O2/c1-2-17-16-27(23-9-5-6-13-26(23)29)14-11-18(17)15-22(27)24(28)20-10-12-25-21-8-4-3-7-19(20)21/h2-10,12-13,17-18,22,24,28H,1,11,14-16H2/q+1/t17-,18-,22+,24+,27?/m0/s1. The summed E-state index contributed by atoms with van der Waals surface area (Å²) in [7, 11) is 0. The van der Waals surface area contributed by atoms with E-state index in [2.05, 4.69) is 11.6 Å². The summed E-state index contributed by atoms with van der Waals surface area (Å²) < 4.78 is 1.49. The van der Waals surface area contributed by atoms with Crippen LogP contribution >= 0.6 is 0 Å². The summed E-state index contributed by atoms with van der Waals surface area (Å²) in [4.78, 5) is 4.45. The van der Waals surface area contributed by atoms with Crippen molar-refractivity contribution in [3.63, 3.8) is 0 Å². The van der Waals surface area contributed by atoms with Gasteiger partial charge in [0.2, 0.25) is 0 Å². The van der Waals surface area contributed by atoms with Gasteiger partial charge < -0.3 is 10.3 Å². The summed E-state index contributed by atoms with van der Waals surface area (Å²) in [5, 5.41) is 25.4. The van der Waals surface area contributed by atoms with Gasteiger partial charge in [-0.05, 0) is 29.7 Å². The third kappa shape index (κ3) is 2.76. The molecule has 3 aliphatic heterocycles. The number of hydrogen-bond donors (Lipinski definition) is 1. The minimum atomic E-state index is -0.670. The maximum atomic E-state index is 12.8. The highest BCUT2D eigenvalue weighted by Gasteiger charge is 2.58. The SMILES string of the molecule is C=C[C@H]1C[N+]2(c3cccc[n+]3[O-])CC[C@H]1C[C@@H]2[C@H](O)c1ccnc2ccccc12. The van der Waals surface area contributed by atoms with E-state index in [1.807, 2.05) is 48.5 Å². The fraction of sp³-hybridized carbons (Fsp3) is 0.333. The number of hydrogen-bond acceptors (Lipinski definition) is 3. The van der Waals surface area contributed by atoms with Gasteiger partial charge in [0.25, 0.3) is 0 Å². The van der Waals surface area contributed by atoms with Crippen molar-refractivity contribution < 1.29 is 9.84 Å². The van der Waals surface area contributed by atoms with Crippen LogP contribution in [0.2, 0.25) is 0 Å². The number of nitrogens with zero attached hydrogens (tertiary/aromatic N) is 3. The van der Waals surface area contributed by atoms with Crippen molar-refractivity contribution >= 4 is 16.7 Å². The number of aliphatic hydroxyl groups excluding tert-OH is 1. The Morgan fingerprint density at radius 2 is 2.03 bits per heavy atom. The number of pyridine rings is 2. The van der Waals surface area contributed by atoms with Crippen LogP contribution in [-0.2, 0) is 0 Å². The van der Waals surface area contributed by atoms with Crippen LogP contribution in [0.25, 0.3) is 10.9 Å². The molecule has 1 aromatic carbocycles. The van der Waals surface area contributed by atoms with Gasteiger partial charge in [-0.1, -0.05) is 24.3 Å². The van der Waals surface area contributed by atoms with E-state index < -0.39 is 6.10 Å². The topological polar surface area (TPSA) is 60.1 Å². The number of para-hydroxylation sites is 1. The van der Waals surface area contributed by atoms with Crippen LogP contribution in [0.1, 0.15) is 24.5 Å². The van der Waals surface area contributed by atoms with Crippen molar-refractivity contribution in [2.24, 2.45) is 11.8 Å². The van der Waals surface area contributed by atoms with Crippen molar-refractivity contribution in [3.05, 3.63) is 84.4 Å². The number of benzene rings is 1. The summed E-state index contributed by atoms with van der Waals surface area (Å²) in [6.07, 6.45) is 6.63. The molecule has 3 aromatic rings. The van der Waals surface area contributed by atoms with Crippen LogP contribution in [0.5, 0.6) is 0 Å². The molecule has 0 radical (unpaired) electrons. The average Bonchev–Trinajstić information content (AvgIpc) is 2.78. The second-order valence-electron chi connectivity index (χ2n) is 8.44. The Labute approximate surface area is 170 Å². The molecule has 3 fully saturated rings. The Kier molecular flexibility index (Phi) is 4.37. The van der Waals surface area contributed by atoms with Crippen molar-refractivity contribution in [2.75, 3.05) is 13.1 Å². The van der Waals surface area contributed by atoms with E-state index in [1.54, 1.807) is 18.5 Å². The number of aliphatic hydroxyl groups is 1. The van der Waals surface area contributed by atoms with E-state index in [0.717, 1.165) is 52.9 Å². The van der Waals surface area contributed by atoms with Gasteiger partial charge in [-0.2, -0.15) is 0 Å². The first kappa shape index (κ1) is 18.3. The van der Waals surface area contributed by atoms with Crippen LogP contribution in [-0.4, -0.2) is 29.2 Å². The molecule has 29 heavy (non-hydrogen) atoms. The first-order valence-electron chi connectivity index (χ1n) is 10.3. The van der Waals surface area contributed by atoms with E-state index in [4.69, 9.17) is 0 Å². The molecule has 3 saturated heterocycles. The predicted octanol–water partition coefficient (Wildman–Crippen LogP) is 3.50. The molecule has 1 unspecified atom stereocenters. The van der Waals surface area contributed by atoms with E-state index in [1.165, 1.54) is 0 Å². The largest absolute Gasteiger partial charge is 0.614 e. The van der Waals surface area contributed by atoms with Crippen molar-refractivity contribution in [1.82, 2.24) is 9.47 Å². The van der Waals surface area contributed by atoms with Gasteiger partial charge in [0, 0.05) is 36.4 Å². The van der Waals surface area contributed by atoms with Gasteiger partial charge in [0.15, 0.2) is 6.20 Å². The van der Waals surface area contributed by atoms with Gasteiger partial charge in [0.05, 0.1) is 24.7 Å². The molecule has 5 nitrogen and oxygen atoms in total. The average molecular weight is 388 g/mol. The molecule has 0 spiro atoms. The number of rotatable bonds is 4. The van der Waals surface area contributed by atoms with E-state index >= 15 is 0 Å². The summed E-state index contributed by atoms with van der Waals surface area (Å²) >= 11 is 0. The zero-order valence-electron chi connectivity index (χ0n) is 16.4. The molecule has 2 aromatic heterocycles. The first-order chi connectivity index (χ1) is 14.1. The molecular weight excluding hydrogens is 362 g/mol. The molecule has 5 atom stereocenters. The molecule has 1 N–H and O–H groups in total. The molecule has 3 aliphatic rings. The second kappa shape index (κ2) is 6.94. The number of piperidine rings is 3. The zero-order chi connectivity index (χ0) is 20.0. The lowest BCUT2D eigenvalue weighted by atomic mass is 9.71. The van der Waals surface area contributed by atoms with Gasteiger partial charge >= 0.3 is 5.82 Å². The Bertz CT molecular complexity index is 1060. The Morgan fingerprint density at radius 1 is 1.21 bits per heavy atom. The normalized spacial score (nSPS) is 29.6. The lowest BCUT2D eigenvalue weighted by Crippen LogP contribution is -2.71. The van der Waals surface area contributed by atoms with E-state index in [0.29, 0.717) is 16.3 Å². The third-order valence-corrected chi connectivity index (χ3v) is 7.15. The lowest BCUT2D eigenvalue weighted by Gasteiger charge is -2.55. The van der Waals surface area contributed by atoms with Crippen molar-refractivity contribution in [3.8, 4) is 0 Å². The summed E-state index contributed by atoms with van der Waals surface area (Å²) in [5.41, 5.74) is 1.78. The van der Waals surface area contributed by atoms with Crippen LogP contribution < -0.4 is 9.21 Å². The highest BCUT2D eigenvalue weighted by Crippen LogP contribution is 2.48. The molecular formula is C24H26N3O2+. The minimum Gasteiger partial charge on any atom is -0.614 e. The number of aromatic nitrogens is 2. The Balaban J connectivity index is 1.65. The highest BCUT2D eigenvalue weighted by molar-refractivity contribution is 5.82. The number of fused-ring (bicyclic) bond motifs is 4. The fourth-order valence-corrected chi connectivity index (χ4v) is 5.72. The minimum absolute atomic E-state index is 0.0710. The van der Waals surface area contributed by atoms with Crippen LogP contribution in [0, 0.1) is 17.0 Å². The lowest BCUT2D eigenvalue weighted by molar-refractivity contribution is -0.601. The Morgan fingerprint density at radius 3 is 2.86 bits per heavy atom. The van der Waals surface area contributed by atoms with Gasteiger partial charge in [-0.25, -0.2) is 4.48 Å². The van der Waals surface area contributed by atoms with E-state index in [-0.39, 0.29) is 6.04 Å². The molecule has 0 aliphatic carbocycles. The molecule has 6 rings (SSSR count). The number of quaternary nitrogens is 1. The quantitative estimate of drug-likeness (QED) is 0.322. The summed E-state index contributed by atoms with van der Waals surface area (Å²) in [5.74, 6) is 1.59. The van der Waals surface area contributed by atoms with Crippen molar-refractivity contribution in [2.45, 2.75) is 25.0 Å². The maximum Gasteiger partial charge on any atom is 0.380 e. The fourth-order valence-electron chi connectivity index (χ4n) is 5.72. The Hall–Kier alpha value is -2.76. The molecule has 148 valence electrons.